The molecule has 0 heterocycles. The third kappa shape index (κ3) is 2.15. The van der Waals surface area contributed by atoms with Crippen LogP contribution in [-0.4, -0.2) is 0 Å². The largest absolute Gasteiger partial charge is 0.192 e. The Balaban J connectivity index is 2.51. The summed E-state index contributed by atoms with van der Waals surface area (Å²) < 4.78 is 1.10. The fraction of sp³-hybridized carbons (Fsp3) is 0.0714. The van der Waals surface area contributed by atoms with Crippen LogP contribution >= 0.6 is 15.9 Å². The maximum atomic E-state index is 8.85. The molecular weight excluding hydrogens is 262 g/mol. The molecule has 0 radical (unpaired) electrons. The van der Waals surface area contributed by atoms with Gasteiger partial charge in [0.25, 0.3) is 0 Å². The Morgan fingerprint density at radius 1 is 1.06 bits per heavy atom. The molecule has 0 unspecified atom stereocenters. The van der Waals surface area contributed by atoms with Crippen molar-refractivity contribution in [2.75, 3.05) is 0 Å². The first-order chi connectivity index (χ1) is 7.70. The molecule has 16 heavy (non-hydrogen) atoms. The van der Waals surface area contributed by atoms with Gasteiger partial charge in [-0.05, 0) is 41.8 Å². The number of aryl methyl sites for hydroxylation is 1. The van der Waals surface area contributed by atoms with Crippen molar-refractivity contribution in [2.24, 2.45) is 0 Å². The molecule has 2 aromatic carbocycles. The molecule has 2 rings (SSSR count). The van der Waals surface area contributed by atoms with Crippen molar-refractivity contribution in [3.63, 3.8) is 0 Å². The minimum atomic E-state index is 0.693. The zero-order chi connectivity index (χ0) is 11.5. The third-order valence-corrected chi connectivity index (χ3v) is 3.37. The van der Waals surface area contributed by atoms with E-state index < -0.39 is 0 Å². The molecule has 78 valence electrons. The molecule has 0 bridgehead atoms. The molecule has 2 heteroatoms. The molecule has 0 aliphatic rings. The van der Waals surface area contributed by atoms with Crippen molar-refractivity contribution in [1.82, 2.24) is 0 Å². The van der Waals surface area contributed by atoms with Gasteiger partial charge in [0.15, 0.2) is 0 Å². The highest BCUT2D eigenvalue weighted by molar-refractivity contribution is 9.10. The summed E-state index contributed by atoms with van der Waals surface area (Å²) in [6, 6.07) is 16.0. The maximum absolute atomic E-state index is 8.85. The first-order valence-corrected chi connectivity index (χ1v) is 5.76. The molecule has 0 saturated heterocycles. The topological polar surface area (TPSA) is 23.8 Å². The van der Waals surface area contributed by atoms with Gasteiger partial charge < -0.3 is 0 Å². The van der Waals surface area contributed by atoms with Crippen molar-refractivity contribution in [2.45, 2.75) is 6.92 Å². The number of nitriles is 1. The van der Waals surface area contributed by atoms with Crippen molar-refractivity contribution in [3.8, 4) is 17.2 Å². The Labute approximate surface area is 103 Å². The average Bonchev–Trinajstić information content (AvgIpc) is 2.33. The smallest absolute Gasteiger partial charge is 0.0991 e. The quantitative estimate of drug-likeness (QED) is 0.759. The summed E-state index contributed by atoms with van der Waals surface area (Å²) in [6.07, 6.45) is 0. The normalized spacial score (nSPS) is 9.81. The van der Waals surface area contributed by atoms with E-state index in [1.807, 2.05) is 36.4 Å². The summed E-state index contributed by atoms with van der Waals surface area (Å²) in [7, 11) is 0. The second kappa shape index (κ2) is 4.51. The standard InChI is InChI=1S/C14H10BrN/c1-10-7-13(5-6-14(10)15)12-4-2-3-11(8-12)9-16/h2-8H,1H3. The summed E-state index contributed by atoms with van der Waals surface area (Å²) in [4.78, 5) is 0. The Hall–Kier alpha value is -1.59. The van der Waals surface area contributed by atoms with E-state index in [2.05, 4.69) is 35.0 Å². The van der Waals surface area contributed by atoms with Crippen LogP contribution in [0.2, 0.25) is 0 Å². The van der Waals surface area contributed by atoms with Gasteiger partial charge in [-0.2, -0.15) is 5.26 Å². The fourth-order valence-electron chi connectivity index (χ4n) is 1.59. The average molecular weight is 272 g/mol. The van der Waals surface area contributed by atoms with Gasteiger partial charge in [-0.3, -0.25) is 0 Å². The summed E-state index contributed by atoms with van der Waals surface area (Å²) in [5.74, 6) is 0. The molecule has 0 aliphatic carbocycles. The number of hydrogen-bond donors (Lipinski definition) is 0. The van der Waals surface area contributed by atoms with Gasteiger partial charge in [-0.15, -0.1) is 0 Å². The van der Waals surface area contributed by atoms with E-state index in [0.717, 1.165) is 15.6 Å². The van der Waals surface area contributed by atoms with Gasteiger partial charge in [0, 0.05) is 4.47 Å². The van der Waals surface area contributed by atoms with Crippen LogP contribution in [0.3, 0.4) is 0 Å². The first-order valence-electron chi connectivity index (χ1n) is 4.97. The second-order valence-electron chi connectivity index (χ2n) is 3.66. The van der Waals surface area contributed by atoms with Crippen LogP contribution in [0, 0.1) is 18.3 Å². The molecule has 0 amide bonds. The lowest BCUT2D eigenvalue weighted by molar-refractivity contribution is 1.42. The molecule has 2 aromatic rings. The van der Waals surface area contributed by atoms with Gasteiger partial charge in [0.1, 0.15) is 0 Å². The first kappa shape index (κ1) is 10.9. The molecular formula is C14H10BrN. The number of halogens is 1. The van der Waals surface area contributed by atoms with Gasteiger partial charge in [-0.25, -0.2) is 0 Å². The monoisotopic (exact) mass is 271 g/mol. The molecule has 1 nitrogen and oxygen atoms in total. The second-order valence-corrected chi connectivity index (χ2v) is 4.51. The molecule has 0 spiro atoms. The highest BCUT2D eigenvalue weighted by Crippen LogP contribution is 2.25. The minimum Gasteiger partial charge on any atom is -0.192 e. The Morgan fingerprint density at radius 3 is 2.50 bits per heavy atom. The van der Waals surface area contributed by atoms with E-state index >= 15 is 0 Å². The molecule has 0 atom stereocenters. The minimum absolute atomic E-state index is 0.693. The van der Waals surface area contributed by atoms with E-state index in [-0.39, 0.29) is 0 Å². The van der Waals surface area contributed by atoms with Gasteiger partial charge in [-0.1, -0.05) is 40.2 Å². The Kier molecular flexibility index (Phi) is 3.07. The number of nitrogens with zero attached hydrogens (tertiary/aromatic N) is 1. The lowest BCUT2D eigenvalue weighted by Crippen LogP contribution is -1.82. The van der Waals surface area contributed by atoms with Crippen LogP contribution in [0.4, 0.5) is 0 Å². The third-order valence-electron chi connectivity index (χ3n) is 2.48. The summed E-state index contributed by atoms with van der Waals surface area (Å²) in [5, 5.41) is 8.85. The fourth-order valence-corrected chi connectivity index (χ4v) is 1.84. The van der Waals surface area contributed by atoms with E-state index in [9.17, 15) is 0 Å². The molecule has 0 saturated carbocycles. The van der Waals surface area contributed by atoms with E-state index in [4.69, 9.17) is 5.26 Å². The predicted octanol–water partition coefficient (Wildman–Crippen LogP) is 4.30. The Morgan fingerprint density at radius 2 is 1.81 bits per heavy atom. The van der Waals surface area contributed by atoms with Crippen molar-refractivity contribution >= 4 is 15.9 Å². The van der Waals surface area contributed by atoms with Gasteiger partial charge in [0.2, 0.25) is 0 Å². The van der Waals surface area contributed by atoms with Crippen LogP contribution in [0.5, 0.6) is 0 Å². The lowest BCUT2D eigenvalue weighted by Gasteiger charge is -2.04. The number of hydrogen-bond acceptors (Lipinski definition) is 1. The molecule has 0 aromatic heterocycles. The lowest BCUT2D eigenvalue weighted by atomic mass is 10.0. The number of benzene rings is 2. The van der Waals surface area contributed by atoms with Crippen molar-refractivity contribution in [3.05, 3.63) is 58.1 Å². The highest BCUT2D eigenvalue weighted by atomic mass is 79.9. The highest BCUT2D eigenvalue weighted by Gasteiger charge is 2.01. The maximum Gasteiger partial charge on any atom is 0.0991 e. The van der Waals surface area contributed by atoms with Crippen molar-refractivity contribution < 1.29 is 0 Å². The Bertz CT molecular complexity index is 567. The van der Waals surface area contributed by atoms with E-state index in [1.165, 1.54) is 5.56 Å². The van der Waals surface area contributed by atoms with Crippen LogP contribution in [0.15, 0.2) is 46.9 Å². The summed E-state index contributed by atoms with van der Waals surface area (Å²) in [6.45, 7) is 2.06. The molecule has 0 N–H and O–H groups in total. The number of rotatable bonds is 1. The summed E-state index contributed by atoms with van der Waals surface area (Å²) in [5.41, 5.74) is 4.10. The van der Waals surface area contributed by atoms with E-state index in [0.29, 0.717) is 5.56 Å². The van der Waals surface area contributed by atoms with Gasteiger partial charge >= 0.3 is 0 Å². The van der Waals surface area contributed by atoms with E-state index in [1.54, 1.807) is 0 Å². The molecule has 0 fully saturated rings. The van der Waals surface area contributed by atoms with Gasteiger partial charge in [0.05, 0.1) is 11.6 Å². The van der Waals surface area contributed by atoms with Crippen LogP contribution in [0.25, 0.3) is 11.1 Å². The van der Waals surface area contributed by atoms with Crippen LogP contribution < -0.4 is 0 Å². The van der Waals surface area contributed by atoms with Crippen LogP contribution in [0.1, 0.15) is 11.1 Å². The summed E-state index contributed by atoms with van der Waals surface area (Å²) >= 11 is 3.48. The van der Waals surface area contributed by atoms with Crippen LogP contribution in [-0.2, 0) is 0 Å². The zero-order valence-electron chi connectivity index (χ0n) is 8.87. The predicted molar refractivity (Wildman–Crippen MR) is 69.0 cm³/mol. The molecule has 0 aliphatic heterocycles. The van der Waals surface area contributed by atoms with Crippen molar-refractivity contribution in [1.29, 1.82) is 5.26 Å². The zero-order valence-corrected chi connectivity index (χ0v) is 10.5. The SMILES string of the molecule is Cc1cc(-c2cccc(C#N)c2)ccc1Br.